The molecule has 0 spiro atoms. The Hall–Kier alpha value is -1.71. The molecule has 0 aromatic heterocycles. The highest BCUT2D eigenvalue weighted by molar-refractivity contribution is 5.94. The molecule has 4 nitrogen and oxygen atoms in total. The summed E-state index contributed by atoms with van der Waals surface area (Å²) < 4.78 is 5.07. The molecule has 0 aliphatic carbocycles. The third-order valence-corrected chi connectivity index (χ3v) is 2.17. The van der Waals surface area contributed by atoms with E-state index in [1.165, 1.54) is 12.1 Å². The molecule has 0 bridgehead atoms. The normalized spacial score (nSPS) is 12.1. The van der Waals surface area contributed by atoms with Crippen LogP contribution in [-0.4, -0.2) is 17.2 Å². The lowest BCUT2D eigenvalue weighted by Crippen LogP contribution is -2.14. The molecule has 1 rings (SSSR count). The maximum atomic E-state index is 11.5. The van der Waals surface area contributed by atoms with Crippen molar-refractivity contribution < 1.29 is 14.6 Å². The van der Waals surface area contributed by atoms with E-state index in [0.717, 1.165) is 6.42 Å². The third-order valence-electron chi connectivity index (χ3n) is 2.17. The van der Waals surface area contributed by atoms with Crippen molar-refractivity contribution in [3.63, 3.8) is 0 Å². The highest BCUT2D eigenvalue weighted by Gasteiger charge is 2.16. The summed E-state index contributed by atoms with van der Waals surface area (Å²) in [7, 11) is 0. The Bertz CT molecular complexity index is 363. The quantitative estimate of drug-likeness (QED) is 0.453. The molecule has 0 saturated heterocycles. The van der Waals surface area contributed by atoms with E-state index in [4.69, 9.17) is 10.5 Å². The molecule has 0 fully saturated rings. The van der Waals surface area contributed by atoms with Crippen molar-refractivity contribution in [1.82, 2.24) is 0 Å². The van der Waals surface area contributed by atoms with Crippen LogP contribution >= 0.6 is 0 Å². The van der Waals surface area contributed by atoms with Crippen LogP contribution in [0, 0.1) is 0 Å². The Balaban J connectivity index is 2.87. The van der Waals surface area contributed by atoms with Crippen LogP contribution in [-0.2, 0) is 4.74 Å². The molecule has 3 N–H and O–H groups in total. The summed E-state index contributed by atoms with van der Waals surface area (Å²) in [4.78, 5) is 11.5. The first kappa shape index (κ1) is 11.4. The molecule has 0 radical (unpaired) electrons. The standard InChI is InChI=1S/C11H15NO3/c1-3-7(2)15-11(14)8-5-4-6-9(12)10(8)13/h4-7,13H,3,12H2,1-2H3. The molecule has 1 unspecified atom stereocenters. The summed E-state index contributed by atoms with van der Waals surface area (Å²) in [5, 5.41) is 9.53. The first-order chi connectivity index (χ1) is 7.06. The van der Waals surface area contributed by atoms with Crippen LogP contribution in [0.4, 0.5) is 5.69 Å². The van der Waals surface area contributed by atoms with Crippen molar-refractivity contribution >= 4 is 11.7 Å². The highest BCUT2D eigenvalue weighted by atomic mass is 16.5. The van der Waals surface area contributed by atoms with Crippen LogP contribution in [0.15, 0.2) is 18.2 Å². The number of benzene rings is 1. The van der Waals surface area contributed by atoms with Crippen LogP contribution in [0.5, 0.6) is 5.75 Å². The van der Waals surface area contributed by atoms with E-state index in [1.807, 2.05) is 6.92 Å². The number of esters is 1. The number of hydrogen-bond acceptors (Lipinski definition) is 4. The first-order valence-corrected chi connectivity index (χ1v) is 4.84. The molecule has 0 amide bonds. The average molecular weight is 209 g/mol. The van der Waals surface area contributed by atoms with Crippen LogP contribution in [0.2, 0.25) is 0 Å². The van der Waals surface area contributed by atoms with E-state index in [1.54, 1.807) is 13.0 Å². The van der Waals surface area contributed by atoms with Gasteiger partial charge in [0.05, 0.1) is 11.8 Å². The number of phenolic OH excluding ortho intramolecular Hbond substituents is 1. The van der Waals surface area contributed by atoms with Gasteiger partial charge in [-0.05, 0) is 25.5 Å². The van der Waals surface area contributed by atoms with Gasteiger partial charge >= 0.3 is 5.97 Å². The number of carbonyl (C=O) groups excluding carboxylic acids is 1. The molecule has 15 heavy (non-hydrogen) atoms. The lowest BCUT2D eigenvalue weighted by Gasteiger charge is -2.12. The fourth-order valence-electron chi connectivity index (χ4n) is 1.06. The lowest BCUT2D eigenvalue weighted by atomic mass is 10.1. The van der Waals surface area contributed by atoms with Gasteiger partial charge in [0.2, 0.25) is 0 Å². The van der Waals surface area contributed by atoms with Gasteiger partial charge in [0.1, 0.15) is 5.56 Å². The van der Waals surface area contributed by atoms with Gasteiger partial charge in [-0.2, -0.15) is 0 Å². The van der Waals surface area contributed by atoms with Gasteiger partial charge in [-0.15, -0.1) is 0 Å². The second-order valence-electron chi connectivity index (χ2n) is 3.37. The van der Waals surface area contributed by atoms with Crippen molar-refractivity contribution in [1.29, 1.82) is 0 Å². The zero-order chi connectivity index (χ0) is 11.4. The van der Waals surface area contributed by atoms with Crippen LogP contribution in [0.25, 0.3) is 0 Å². The van der Waals surface area contributed by atoms with E-state index in [0.29, 0.717) is 0 Å². The summed E-state index contributed by atoms with van der Waals surface area (Å²) >= 11 is 0. The minimum Gasteiger partial charge on any atom is -0.505 e. The molecule has 1 aromatic rings. The Kier molecular flexibility index (Phi) is 3.55. The third kappa shape index (κ3) is 2.62. The van der Waals surface area contributed by atoms with Crippen molar-refractivity contribution in [2.24, 2.45) is 0 Å². The number of carbonyl (C=O) groups is 1. The van der Waals surface area contributed by atoms with Crippen molar-refractivity contribution in [3.05, 3.63) is 23.8 Å². The van der Waals surface area contributed by atoms with Gasteiger partial charge in [-0.1, -0.05) is 13.0 Å². The Morgan fingerprint density at radius 3 is 2.87 bits per heavy atom. The maximum absolute atomic E-state index is 11.5. The molecule has 0 aliphatic heterocycles. The SMILES string of the molecule is CCC(C)OC(=O)c1cccc(N)c1O. The predicted octanol–water partition coefficient (Wildman–Crippen LogP) is 1.93. The second kappa shape index (κ2) is 4.68. The van der Waals surface area contributed by atoms with Crippen molar-refractivity contribution in [3.8, 4) is 5.75 Å². The molecule has 4 heteroatoms. The second-order valence-corrected chi connectivity index (χ2v) is 3.37. The van der Waals surface area contributed by atoms with Crippen LogP contribution in [0.1, 0.15) is 30.6 Å². The minimum atomic E-state index is -0.547. The summed E-state index contributed by atoms with van der Waals surface area (Å²) in [6, 6.07) is 4.61. The summed E-state index contributed by atoms with van der Waals surface area (Å²) in [6.07, 6.45) is 0.563. The molecular weight excluding hydrogens is 194 g/mol. The summed E-state index contributed by atoms with van der Waals surface area (Å²) in [5.74, 6) is -0.764. The topological polar surface area (TPSA) is 72.5 Å². The number of ether oxygens (including phenoxy) is 1. The number of rotatable bonds is 3. The van der Waals surface area contributed by atoms with Crippen LogP contribution < -0.4 is 5.73 Å². The number of phenols is 1. The first-order valence-electron chi connectivity index (χ1n) is 4.84. The van der Waals surface area contributed by atoms with Gasteiger partial charge in [-0.25, -0.2) is 4.79 Å². The smallest absolute Gasteiger partial charge is 0.342 e. The molecular formula is C11H15NO3. The van der Waals surface area contributed by atoms with Crippen LogP contribution in [0.3, 0.4) is 0 Å². The zero-order valence-corrected chi connectivity index (χ0v) is 8.86. The van der Waals surface area contributed by atoms with Gasteiger partial charge in [0.15, 0.2) is 5.75 Å². The Morgan fingerprint density at radius 1 is 1.60 bits per heavy atom. The minimum absolute atomic E-state index is 0.107. The van der Waals surface area contributed by atoms with Gasteiger partial charge in [-0.3, -0.25) is 0 Å². The summed E-state index contributed by atoms with van der Waals surface area (Å²) in [6.45, 7) is 3.71. The van der Waals surface area contributed by atoms with E-state index < -0.39 is 5.97 Å². The van der Waals surface area contributed by atoms with Crippen molar-refractivity contribution in [2.75, 3.05) is 5.73 Å². The van der Waals surface area contributed by atoms with E-state index in [9.17, 15) is 9.90 Å². The summed E-state index contributed by atoms with van der Waals surface area (Å²) in [5.41, 5.74) is 5.75. The number of para-hydroxylation sites is 1. The van der Waals surface area contributed by atoms with Crippen molar-refractivity contribution in [2.45, 2.75) is 26.4 Å². The fourth-order valence-corrected chi connectivity index (χ4v) is 1.06. The van der Waals surface area contributed by atoms with Gasteiger partial charge < -0.3 is 15.6 Å². The predicted molar refractivity (Wildman–Crippen MR) is 57.7 cm³/mol. The number of nitrogen functional groups attached to an aromatic ring is 1. The lowest BCUT2D eigenvalue weighted by molar-refractivity contribution is 0.0331. The van der Waals surface area contributed by atoms with Gasteiger partial charge in [0, 0.05) is 0 Å². The molecule has 0 aliphatic rings. The number of hydrogen-bond donors (Lipinski definition) is 2. The number of anilines is 1. The molecule has 0 saturated carbocycles. The number of aromatic hydroxyl groups is 1. The zero-order valence-electron chi connectivity index (χ0n) is 8.86. The van der Waals surface area contributed by atoms with E-state index >= 15 is 0 Å². The highest BCUT2D eigenvalue weighted by Crippen LogP contribution is 2.25. The number of nitrogens with two attached hydrogens (primary N) is 1. The molecule has 82 valence electrons. The largest absolute Gasteiger partial charge is 0.505 e. The Morgan fingerprint density at radius 2 is 2.27 bits per heavy atom. The maximum Gasteiger partial charge on any atom is 0.342 e. The van der Waals surface area contributed by atoms with Gasteiger partial charge in [0.25, 0.3) is 0 Å². The fraction of sp³-hybridized carbons (Fsp3) is 0.364. The van der Waals surface area contributed by atoms with E-state index in [-0.39, 0.29) is 23.1 Å². The molecule has 1 atom stereocenters. The Labute approximate surface area is 88.7 Å². The average Bonchev–Trinajstić information content (AvgIpc) is 2.21. The molecule has 0 heterocycles. The van der Waals surface area contributed by atoms with E-state index in [2.05, 4.69) is 0 Å². The monoisotopic (exact) mass is 209 g/mol. The molecule has 1 aromatic carbocycles.